The summed E-state index contributed by atoms with van der Waals surface area (Å²) in [6, 6.07) is 10.2. The fourth-order valence-corrected chi connectivity index (χ4v) is 3.54. The van der Waals surface area contributed by atoms with E-state index >= 15 is 0 Å². The van der Waals surface area contributed by atoms with E-state index in [0.717, 1.165) is 43.0 Å². The highest BCUT2D eigenvalue weighted by molar-refractivity contribution is 5.83. The Hall–Kier alpha value is -3.36. The fraction of sp³-hybridized carbons (Fsp3) is 0.294. The van der Waals surface area contributed by atoms with Crippen molar-refractivity contribution in [2.24, 2.45) is 0 Å². The molecule has 1 atom stereocenters. The molecule has 9 nitrogen and oxygen atoms in total. The molecular formula is C17H17N9. The van der Waals surface area contributed by atoms with Crippen LogP contribution in [0.2, 0.25) is 0 Å². The summed E-state index contributed by atoms with van der Waals surface area (Å²) in [5, 5.41) is 12.9. The molecule has 1 aromatic carbocycles. The normalized spacial score (nSPS) is 17.2. The SMILES string of the molecule is c1ccc(-n2nnc3c(N4CCC[C@@H]4Cn4cncn4)ncnc32)cc1. The molecule has 1 aliphatic rings. The van der Waals surface area contributed by atoms with Gasteiger partial charge < -0.3 is 4.90 Å². The van der Waals surface area contributed by atoms with E-state index < -0.39 is 0 Å². The van der Waals surface area contributed by atoms with Gasteiger partial charge in [-0.1, -0.05) is 23.4 Å². The van der Waals surface area contributed by atoms with Gasteiger partial charge in [0, 0.05) is 6.54 Å². The van der Waals surface area contributed by atoms with Gasteiger partial charge in [0.2, 0.25) is 0 Å². The van der Waals surface area contributed by atoms with Gasteiger partial charge in [-0.25, -0.2) is 15.0 Å². The minimum absolute atomic E-state index is 0.302. The first-order valence-electron chi connectivity index (χ1n) is 8.61. The van der Waals surface area contributed by atoms with Crippen molar-refractivity contribution in [1.82, 2.24) is 39.7 Å². The molecule has 0 unspecified atom stereocenters. The molecule has 0 amide bonds. The quantitative estimate of drug-likeness (QED) is 0.552. The second kappa shape index (κ2) is 6.17. The van der Waals surface area contributed by atoms with Gasteiger partial charge in [0.05, 0.1) is 18.3 Å². The van der Waals surface area contributed by atoms with Crippen molar-refractivity contribution in [3.05, 3.63) is 49.3 Å². The topological polar surface area (TPSA) is 90.4 Å². The molecule has 1 fully saturated rings. The summed E-state index contributed by atoms with van der Waals surface area (Å²) in [7, 11) is 0. The van der Waals surface area contributed by atoms with Crippen LogP contribution < -0.4 is 4.90 Å². The monoisotopic (exact) mass is 347 g/mol. The average molecular weight is 347 g/mol. The maximum Gasteiger partial charge on any atom is 0.189 e. The summed E-state index contributed by atoms with van der Waals surface area (Å²) in [5.41, 5.74) is 2.37. The fourth-order valence-electron chi connectivity index (χ4n) is 3.54. The molecule has 26 heavy (non-hydrogen) atoms. The highest BCUT2D eigenvalue weighted by Gasteiger charge is 2.29. The molecule has 5 rings (SSSR count). The first-order chi connectivity index (χ1) is 12.9. The molecule has 1 aliphatic heterocycles. The minimum Gasteiger partial charge on any atom is -0.350 e. The van der Waals surface area contributed by atoms with Gasteiger partial charge in [-0.05, 0) is 25.0 Å². The lowest BCUT2D eigenvalue weighted by atomic mass is 10.2. The lowest BCUT2D eigenvalue weighted by Gasteiger charge is -2.25. The van der Waals surface area contributed by atoms with E-state index in [4.69, 9.17) is 0 Å². The Bertz CT molecular complexity index is 1010. The van der Waals surface area contributed by atoms with Crippen LogP contribution in [0.5, 0.6) is 0 Å². The van der Waals surface area contributed by atoms with E-state index in [9.17, 15) is 0 Å². The van der Waals surface area contributed by atoms with Crippen LogP contribution in [0.3, 0.4) is 0 Å². The van der Waals surface area contributed by atoms with Gasteiger partial charge in [0.25, 0.3) is 0 Å². The lowest BCUT2D eigenvalue weighted by Crippen LogP contribution is -2.34. The van der Waals surface area contributed by atoms with Crippen molar-refractivity contribution in [3.8, 4) is 5.69 Å². The van der Waals surface area contributed by atoms with Crippen LogP contribution in [0, 0.1) is 0 Å². The van der Waals surface area contributed by atoms with E-state index in [1.807, 2.05) is 35.0 Å². The predicted octanol–water partition coefficient (Wildman–Crippen LogP) is 1.47. The van der Waals surface area contributed by atoms with E-state index in [-0.39, 0.29) is 0 Å². The van der Waals surface area contributed by atoms with Crippen molar-refractivity contribution in [3.63, 3.8) is 0 Å². The van der Waals surface area contributed by atoms with Crippen LogP contribution in [0.1, 0.15) is 12.8 Å². The molecule has 0 N–H and O–H groups in total. The Morgan fingerprint density at radius 3 is 2.85 bits per heavy atom. The van der Waals surface area contributed by atoms with Crippen LogP contribution in [0.4, 0.5) is 5.82 Å². The molecule has 0 aliphatic carbocycles. The lowest BCUT2D eigenvalue weighted by molar-refractivity contribution is 0.506. The number of fused-ring (bicyclic) bond motifs is 1. The Kier molecular flexibility index (Phi) is 3.55. The maximum atomic E-state index is 4.53. The second-order valence-corrected chi connectivity index (χ2v) is 6.31. The van der Waals surface area contributed by atoms with E-state index in [1.54, 1.807) is 23.7 Å². The molecule has 9 heteroatoms. The first-order valence-corrected chi connectivity index (χ1v) is 8.61. The number of nitrogens with zero attached hydrogens (tertiary/aromatic N) is 9. The summed E-state index contributed by atoms with van der Waals surface area (Å²) in [5.74, 6) is 0.833. The number of rotatable bonds is 4. The summed E-state index contributed by atoms with van der Waals surface area (Å²) < 4.78 is 3.62. The van der Waals surface area contributed by atoms with Gasteiger partial charge in [-0.2, -0.15) is 9.78 Å². The van der Waals surface area contributed by atoms with Gasteiger partial charge >= 0.3 is 0 Å². The van der Waals surface area contributed by atoms with Crippen LogP contribution in [0.25, 0.3) is 16.9 Å². The van der Waals surface area contributed by atoms with Gasteiger partial charge in [-0.15, -0.1) is 5.10 Å². The molecule has 4 aromatic rings. The summed E-state index contributed by atoms with van der Waals surface area (Å²) in [6.45, 7) is 1.71. The maximum absolute atomic E-state index is 4.53. The molecule has 130 valence electrons. The van der Waals surface area contributed by atoms with E-state index in [2.05, 4.69) is 35.3 Å². The zero-order valence-electron chi connectivity index (χ0n) is 14.0. The zero-order valence-corrected chi connectivity index (χ0v) is 14.0. The molecule has 0 radical (unpaired) electrons. The van der Waals surface area contributed by atoms with E-state index in [0.29, 0.717) is 11.7 Å². The molecule has 0 bridgehead atoms. The van der Waals surface area contributed by atoms with Crippen molar-refractivity contribution in [2.75, 3.05) is 11.4 Å². The number of para-hydroxylation sites is 1. The zero-order chi connectivity index (χ0) is 17.3. The standard InChI is InChI=1S/C17H17N9/c1-2-5-13(6-3-1)26-17-15(22-23-26)16(19-11-20-17)25-8-4-7-14(25)9-24-12-18-10-21-24/h1-3,5-6,10-12,14H,4,7-9H2/t14-/m1/s1. The number of anilines is 1. The third kappa shape index (κ3) is 2.48. The number of aromatic nitrogens is 8. The molecule has 0 saturated carbocycles. The average Bonchev–Trinajstić information content (AvgIpc) is 3.43. The first kappa shape index (κ1) is 14.9. The molecule has 3 aromatic heterocycles. The third-order valence-corrected chi connectivity index (χ3v) is 4.73. The Morgan fingerprint density at radius 2 is 2.00 bits per heavy atom. The molecule has 0 spiro atoms. The highest BCUT2D eigenvalue weighted by atomic mass is 15.5. The molecule has 1 saturated heterocycles. The third-order valence-electron chi connectivity index (χ3n) is 4.73. The largest absolute Gasteiger partial charge is 0.350 e. The highest BCUT2D eigenvalue weighted by Crippen LogP contribution is 2.29. The Labute approximate surface area is 149 Å². The second-order valence-electron chi connectivity index (χ2n) is 6.31. The number of hydrogen-bond donors (Lipinski definition) is 0. The summed E-state index contributed by atoms with van der Waals surface area (Å²) >= 11 is 0. The molecule has 4 heterocycles. The van der Waals surface area contributed by atoms with Gasteiger partial charge in [0.15, 0.2) is 17.0 Å². The Morgan fingerprint density at radius 1 is 1.08 bits per heavy atom. The summed E-state index contributed by atoms with van der Waals surface area (Å²) in [6.07, 6.45) is 7.09. The van der Waals surface area contributed by atoms with Crippen molar-refractivity contribution in [1.29, 1.82) is 0 Å². The number of benzene rings is 1. The summed E-state index contributed by atoms with van der Waals surface area (Å²) in [4.78, 5) is 15.3. The van der Waals surface area contributed by atoms with Crippen molar-refractivity contribution < 1.29 is 0 Å². The molecular weight excluding hydrogens is 330 g/mol. The van der Waals surface area contributed by atoms with Crippen molar-refractivity contribution >= 4 is 17.0 Å². The van der Waals surface area contributed by atoms with Crippen LogP contribution >= 0.6 is 0 Å². The van der Waals surface area contributed by atoms with E-state index in [1.165, 1.54) is 0 Å². The smallest absolute Gasteiger partial charge is 0.189 e. The Balaban J connectivity index is 1.54. The minimum atomic E-state index is 0.302. The van der Waals surface area contributed by atoms with Crippen LogP contribution in [0.15, 0.2) is 49.3 Å². The van der Waals surface area contributed by atoms with Gasteiger partial charge in [-0.3, -0.25) is 4.68 Å². The van der Waals surface area contributed by atoms with Crippen LogP contribution in [-0.4, -0.2) is 52.3 Å². The van der Waals surface area contributed by atoms with Crippen LogP contribution in [-0.2, 0) is 6.54 Å². The van der Waals surface area contributed by atoms with Crippen molar-refractivity contribution in [2.45, 2.75) is 25.4 Å². The van der Waals surface area contributed by atoms with Gasteiger partial charge in [0.1, 0.15) is 19.0 Å². The predicted molar refractivity (Wildman–Crippen MR) is 94.8 cm³/mol. The number of hydrogen-bond acceptors (Lipinski definition) is 7.